The zero-order chi connectivity index (χ0) is 12.8. The molecule has 1 amide bonds. The molecule has 0 atom stereocenters. The Kier molecular flexibility index (Phi) is 4.45. The molecule has 6 heteroatoms. The number of likely N-dealkylation sites (N-methyl/N-ethyl adjacent to an activating group) is 1. The normalized spacial score (nSPS) is 9.94. The Morgan fingerprint density at radius 1 is 1.35 bits per heavy atom. The van der Waals surface area contributed by atoms with Crippen LogP contribution in [0.15, 0.2) is 18.5 Å². The number of hydrogen-bond donors (Lipinski definition) is 2. The number of nitrogens with one attached hydrogen (secondary N) is 1. The van der Waals surface area contributed by atoms with Gasteiger partial charge >= 0.3 is 5.97 Å². The lowest BCUT2D eigenvalue weighted by molar-refractivity contribution is -0.143. The highest BCUT2D eigenvalue weighted by atomic mass is 16.4. The summed E-state index contributed by atoms with van der Waals surface area (Å²) in [6.07, 6.45) is 3.30. The van der Waals surface area contributed by atoms with Gasteiger partial charge in [-0.15, -0.1) is 0 Å². The Bertz CT molecular complexity index is 411. The van der Waals surface area contributed by atoms with Crippen molar-refractivity contribution in [3.05, 3.63) is 24.0 Å². The maximum Gasteiger partial charge on any atom is 0.323 e. The number of ketones is 1. The lowest BCUT2D eigenvalue weighted by Gasteiger charge is -2.13. The lowest BCUT2D eigenvalue weighted by atomic mass is 10.1. The van der Waals surface area contributed by atoms with E-state index in [1.807, 2.05) is 0 Å². The second-order valence-corrected chi connectivity index (χ2v) is 3.67. The molecule has 0 aliphatic rings. The summed E-state index contributed by atoms with van der Waals surface area (Å²) in [5.41, 5.74) is 0.527. The third-order valence-corrected chi connectivity index (χ3v) is 2.28. The Labute approximate surface area is 98.2 Å². The van der Waals surface area contributed by atoms with Crippen LogP contribution in [0.3, 0.4) is 0 Å². The van der Waals surface area contributed by atoms with Gasteiger partial charge < -0.3 is 15.0 Å². The summed E-state index contributed by atoms with van der Waals surface area (Å²) in [6.45, 7) is -0.350. The Hall–Kier alpha value is -2.11. The van der Waals surface area contributed by atoms with E-state index in [2.05, 4.69) is 4.98 Å². The molecule has 2 N–H and O–H groups in total. The molecule has 0 fully saturated rings. The SMILES string of the molecule is CN(CC(=O)O)C(=O)CCC(=O)c1cc[nH]c1. The molecular formula is C11H14N2O4. The maximum absolute atomic E-state index is 11.5. The quantitative estimate of drug-likeness (QED) is 0.707. The molecule has 6 nitrogen and oxygen atoms in total. The Balaban J connectivity index is 2.38. The minimum Gasteiger partial charge on any atom is -0.480 e. The lowest BCUT2D eigenvalue weighted by Crippen LogP contribution is -2.32. The fourth-order valence-electron chi connectivity index (χ4n) is 1.34. The molecule has 1 aromatic rings. The smallest absolute Gasteiger partial charge is 0.323 e. The summed E-state index contributed by atoms with van der Waals surface area (Å²) in [4.78, 5) is 37.2. The minimum absolute atomic E-state index is 0.0216. The van der Waals surface area contributed by atoms with Gasteiger partial charge in [0, 0.05) is 37.8 Å². The summed E-state index contributed by atoms with van der Waals surface area (Å²) < 4.78 is 0. The van der Waals surface area contributed by atoms with Crippen LogP contribution in [-0.4, -0.2) is 46.2 Å². The summed E-state index contributed by atoms with van der Waals surface area (Å²) in [6, 6.07) is 1.63. The highest BCUT2D eigenvalue weighted by Crippen LogP contribution is 2.05. The topological polar surface area (TPSA) is 90.5 Å². The van der Waals surface area contributed by atoms with E-state index >= 15 is 0 Å². The van der Waals surface area contributed by atoms with Gasteiger partial charge in [-0.2, -0.15) is 0 Å². The number of carbonyl (C=O) groups excluding carboxylic acids is 2. The molecule has 0 aliphatic carbocycles. The molecular weight excluding hydrogens is 224 g/mol. The highest BCUT2D eigenvalue weighted by Gasteiger charge is 2.14. The zero-order valence-electron chi connectivity index (χ0n) is 9.47. The van der Waals surface area contributed by atoms with E-state index in [0.29, 0.717) is 5.56 Å². The molecule has 0 saturated carbocycles. The number of rotatable bonds is 6. The average Bonchev–Trinajstić information content (AvgIpc) is 2.77. The van der Waals surface area contributed by atoms with Crippen molar-refractivity contribution < 1.29 is 19.5 Å². The first kappa shape index (κ1) is 13.0. The molecule has 0 spiro atoms. The van der Waals surface area contributed by atoms with Gasteiger partial charge in [-0.05, 0) is 6.07 Å². The molecule has 0 aliphatic heterocycles. The van der Waals surface area contributed by atoms with Crippen LogP contribution in [0.2, 0.25) is 0 Å². The van der Waals surface area contributed by atoms with Gasteiger partial charge in [-0.25, -0.2) is 0 Å². The maximum atomic E-state index is 11.5. The fraction of sp³-hybridized carbons (Fsp3) is 0.364. The second kappa shape index (κ2) is 5.83. The highest BCUT2D eigenvalue weighted by molar-refractivity contribution is 5.97. The van der Waals surface area contributed by atoms with Gasteiger partial charge in [0.2, 0.25) is 5.91 Å². The van der Waals surface area contributed by atoms with Crippen LogP contribution < -0.4 is 0 Å². The van der Waals surface area contributed by atoms with Crippen molar-refractivity contribution in [2.45, 2.75) is 12.8 Å². The van der Waals surface area contributed by atoms with Crippen LogP contribution in [0, 0.1) is 0 Å². The average molecular weight is 238 g/mol. The molecule has 1 rings (SSSR count). The molecule has 1 heterocycles. The Morgan fingerprint density at radius 3 is 2.59 bits per heavy atom. The first-order valence-corrected chi connectivity index (χ1v) is 5.12. The molecule has 0 radical (unpaired) electrons. The van der Waals surface area contributed by atoms with Crippen LogP contribution in [0.25, 0.3) is 0 Å². The number of carboxylic acids is 1. The number of Topliss-reactive ketones (excluding diaryl/α,β-unsaturated/α-hetero) is 1. The summed E-state index contributed by atoms with van der Waals surface area (Å²) in [7, 11) is 1.40. The number of aromatic nitrogens is 1. The predicted molar refractivity (Wildman–Crippen MR) is 59.6 cm³/mol. The number of aromatic amines is 1. The molecule has 1 aromatic heterocycles. The standard InChI is InChI=1S/C11H14N2O4/c1-13(7-11(16)17)10(15)3-2-9(14)8-4-5-12-6-8/h4-6,12H,2-3,7H2,1H3,(H,16,17). The van der Waals surface area contributed by atoms with Gasteiger partial charge in [0.1, 0.15) is 6.54 Å². The number of carboxylic acid groups (broad SMARTS) is 1. The molecule has 0 aromatic carbocycles. The van der Waals surface area contributed by atoms with Crippen molar-refractivity contribution in [2.24, 2.45) is 0 Å². The van der Waals surface area contributed by atoms with E-state index in [-0.39, 0.29) is 31.1 Å². The van der Waals surface area contributed by atoms with Gasteiger partial charge in [0.15, 0.2) is 5.78 Å². The third kappa shape index (κ3) is 4.10. The van der Waals surface area contributed by atoms with Gasteiger partial charge in [-0.1, -0.05) is 0 Å². The largest absolute Gasteiger partial charge is 0.480 e. The van der Waals surface area contributed by atoms with E-state index in [1.54, 1.807) is 18.5 Å². The van der Waals surface area contributed by atoms with Crippen molar-refractivity contribution in [1.82, 2.24) is 9.88 Å². The van der Waals surface area contributed by atoms with Gasteiger partial charge in [0.25, 0.3) is 0 Å². The van der Waals surface area contributed by atoms with Crippen LogP contribution in [0.5, 0.6) is 0 Å². The number of hydrogen-bond acceptors (Lipinski definition) is 3. The monoisotopic (exact) mass is 238 g/mol. The van der Waals surface area contributed by atoms with Gasteiger partial charge in [-0.3, -0.25) is 14.4 Å². The van der Waals surface area contributed by atoms with Crippen molar-refractivity contribution in [3.8, 4) is 0 Å². The number of aliphatic carboxylic acids is 1. The fourth-order valence-corrected chi connectivity index (χ4v) is 1.34. The van der Waals surface area contributed by atoms with Crippen LogP contribution in [0.1, 0.15) is 23.2 Å². The van der Waals surface area contributed by atoms with E-state index < -0.39 is 5.97 Å². The van der Waals surface area contributed by atoms with Crippen molar-refractivity contribution in [3.63, 3.8) is 0 Å². The third-order valence-electron chi connectivity index (χ3n) is 2.28. The van der Waals surface area contributed by atoms with Crippen LogP contribution >= 0.6 is 0 Å². The first-order chi connectivity index (χ1) is 8.00. The molecule has 0 unspecified atom stereocenters. The number of H-pyrrole nitrogens is 1. The molecule has 17 heavy (non-hydrogen) atoms. The van der Waals surface area contributed by atoms with E-state index in [1.165, 1.54) is 7.05 Å². The summed E-state index contributed by atoms with van der Waals surface area (Å²) in [5, 5.41) is 8.50. The first-order valence-electron chi connectivity index (χ1n) is 5.12. The van der Waals surface area contributed by atoms with Crippen molar-refractivity contribution >= 4 is 17.7 Å². The number of carbonyl (C=O) groups is 3. The number of nitrogens with zero attached hydrogens (tertiary/aromatic N) is 1. The van der Waals surface area contributed by atoms with Crippen LogP contribution in [-0.2, 0) is 9.59 Å². The minimum atomic E-state index is -1.07. The van der Waals surface area contributed by atoms with E-state index in [0.717, 1.165) is 4.90 Å². The summed E-state index contributed by atoms with van der Waals surface area (Å²) >= 11 is 0. The van der Waals surface area contributed by atoms with Crippen LogP contribution in [0.4, 0.5) is 0 Å². The van der Waals surface area contributed by atoms with Crippen molar-refractivity contribution in [1.29, 1.82) is 0 Å². The van der Waals surface area contributed by atoms with E-state index in [4.69, 9.17) is 5.11 Å². The molecule has 0 bridgehead atoms. The Morgan fingerprint density at radius 2 is 2.06 bits per heavy atom. The molecule has 0 saturated heterocycles. The number of amides is 1. The second-order valence-electron chi connectivity index (χ2n) is 3.67. The zero-order valence-corrected chi connectivity index (χ0v) is 9.47. The molecule has 92 valence electrons. The van der Waals surface area contributed by atoms with Gasteiger partial charge in [0.05, 0.1) is 0 Å². The van der Waals surface area contributed by atoms with Crippen molar-refractivity contribution in [2.75, 3.05) is 13.6 Å². The summed E-state index contributed by atoms with van der Waals surface area (Å²) in [5.74, 6) is -1.56. The predicted octanol–water partition coefficient (Wildman–Crippen LogP) is 0.521. The van der Waals surface area contributed by atoms with E-state index in [9.17, 15) is 14.4 Å².